The van der Waals surface area contributed by atoms with Crippen LogP contribution in [0.1, 0.15) is 42.9 Å². The Morgan fingerprint density at radius 2 is 2.22 bits per heavy atom. The zero-order valence-electron chi connectivity index (χ0n) is 10.4. The molecule has 2 atom stereocenters. The van der Waals surface area contributed by atoms with E-state index in [1.807, 2.05) is 25.1 Å². The van der Waals surface area contributed by atoms with Gasteiger partial charge in [-0.15, -0.1) is 0 Å². The molecule has 100 valence electrons. The fourth-order valence-electron chi connectivity index (χ4n) is 2.66. The smallest absolute Gasteiger partial charge is 0.248 e. The zero-order chi connectivity index (χ0) is 13.3. The first kappa shape index (κ1) is 13.8. The van der Waals surface area contributed by atoms with E-state index in [1.54, 1.807) is 0 Å². The maximum Gasteiger partial charge on any atom is 0.248 e. The lowest BCUT2D eigenvalue weighted by atomic mass is 9.93. The first-order valence-corrected chi connectivity index (χ1v) is 6.65. The van der Waals surface area contributed by atoms with Crippen molar-refractivity contribution in [2.75, 3.05) is 0 Å². The molecule has 2 N–H and O–H groups in total. The van der Waals surface area contributed by atoms with E-state index in [-0.39, 0.29) is 24.8 Å². The van der Waals surface area contributed by atoms with E-state index in [9.17, 15) is 8.78 Å². The Morgan fingerprint density at radius 1 is 1.50 bits per heavy atom. The van der Waals surface area contributed by atoms with E-state index >= 15 is 0 Å². The van der Waals surface area contributed by atoms with Crippen LogP contribution in [-0.4, -0.2) is 5.92 Å². The SMILES string of the molecule is Cc1ccc(C(N)CC2CCC(F)(F)C2)c(Cl)c1. The quantitative estimate of drug-likeness (QED) is 0.864. The summed E-state index contributed by atoms with van der Waals surface area (Å²) in [6.07, 6.45) is 1.10. The molecule has 0 spiro atoms. The highest BCUT2D eigenvalue weighted by Gasteiger charge is 2.39. The van der Waals surface area contributed by atoms with Crippen LogP contribution in [0.15, 0.2) is 18.2 Å². The number of hydrogen-bond acceptors (Lipinski definition) is 1. The first-order chi connectivity index (χ1) is 8.37. The third-order valence-corrected chi connectivity index (χ3v) is 3.98. The molecule has 0 radical (unpaired) electrons. The van der Waals surface area contributed by atoms with Crippen LogP contribution < -0.4 is 5.73 Å². The molecule has 4 heteroatoms. The molecule has 0 amide bonds. The van der Waals surface area contributed by atoms with Crippen LogP contribution in [0.4, 0.5) is 8.78 Å². The van der Waals surface area contributed by atoms with Crippen molar-refractivity contribution in [2.24, 2.45) is 11.7 Å². The molecule has 1 aromatic rings. The maximum atomic E-state index is 13.1. The molecule has 0 aromatic heterocycles. The van der Waals surface area contributed by atoms with E-state index < -0.39 is 5.92 Å². The third kappa shape index (κ3) is 3.21. The van der Waals surface area contributed by atoms with E-state index in [1.165, 1.54) is 0 Å². The van der Waals surface area contributed by atoms with Crippen molar-refractivity contribution in [2.45, 2.75) is 44.6 Å². The van der Waals surface area contributed by atoms with Crippen molar-refractivity contribution in [1.29, 1.82) is 0 Å². The zero-order valence-corrected chi connectivity index (χ0v) is 11.2. The van der Waals surface area contributed by atoms with Gasteiger partial charge in [-0.25, -0.2) is 8.78 Å². The van der Waals surface area contributed by atoms with Crippen LogP contribution in [0.25, 0.3) is 0 Å². The summed E-state index contributed by atoms with van der Waals surface area (Å²) in [5, 5.41) is 0.632. The molecule has 0 heterocycles. The Labute approximate surface area is 111 Å². The number of aryl methyl sites for hydroxylation is 1. The van der Waals surface area contributed by atoms with Gasteiger partial charge in [0, 0.05) is 23.9 Å². The van der Waals surface area contributed by atoms with E-state index in [0.29, 0.717) is 17.9 Å². The summed E-state index contributed by atoms with van der Waals surface area (Å²) in [6.45, 7) is 1.96. The second-order valence-corrected chi connectivity index (χ2v) is 5.74. The van der Waals surface area contributed by atoms with Gasteiger partial charge < -0.3 is 5.73 Å². The molecular weight excluding hydrogens is 256 g/mol. The summed E-state index contributed by atoms with van der Waals surface area (Å²) in [7, 11) is 0. The van der Waals surface area contributed by atoms with Crippen molar-refractivity contribution in [3.63, 3.8) is 0 Å². The van der Waals surface area contributed by atoms with Gasteiger partial charge in [0.2, 0.25) is 5.92 Å². The highest BCUT2D eigenvalue weighted by atomic mass is 35.5. The van der Waals surface area contributed by atoms with Gasteiger partial charge in [-0.1, -0.05) is 23.7 Å². The van der Waals surface area contributed by atoms with Crippen LogP contribution in [0.3, 0.4) is 0 Å². The fraction of sp³-hybridized carbons (Fsp3) is 0.571. The number of benzene rings is 1. The number of nitrogens with two attached hydrogens (primary N) is 1. The average Bonchev–Trinajstić information content (AvgIpc) is 2.57. The van der Waals surface area contributed by atoms with E-state index in [2.05, 4.69) is 0 Å². The van der Waals surface area contributed by atoms with Crippen molar-refractivity contribution < 1.29 is 8.78 Å². The predicted molar refractivity (Wildman–Crippen MR) is 70.0 cm³/mol. The van der Waals surface area contributed by atoms with Gasteiger partial charge >= 0.3 is 0 Å². The molecule has 1 aliphatic rings. The van der Waals surface area contributed by atoms with Gasteiger partial charge in [0.25, 0.3) is 0 Å². The average molecular weight is 274 g/mol. The largest absolute Gasteiger partial charge is 0.324 e. The van der Waals surface area contributed by atoms with Crippen molar-refractivity contribution in [3.8, 4) is 0 Å². The monoisotopic (exact) mass is 273 g/mol. The summed E-state index contributed by atoms with van der Waals surface area (Å²) in [5.74, 6) is -2.49. The number of alkyl halides is 2. The second kappa shape index (κ2) is 5.14. The van der Waals surface area contributed by atoms with Crippen molar-refractivity contribution >= 4 is 11.6 Å². The summed E-state index contributed by atoms with van der Waals surface area (Å²) in [6, 6.07) is 5.46. The van der Waals surface area contributed by atoms with Crippen molar-refractivity contribution in [3.05, 3.63) is 34.3 Å². The Balaban J connectivity index is 2.02. The Kier molecular flexibility index (Phi) is 3.93. The van der Waals surface area contributed by atoms with Gasteiger partial charge in [-0.05, 0) is 42.9 Å². The molecule has 2 unspecified atom stereocenters. The maximum absolute atomic E-state index is 13.1. The second-order valence-electron chi connectivity index (χ2n) is 5.33. The van der Waals surface area contributed by atoms with Crippen LogP contribution in [0, 0.1) is 12.8 Å². The van der Waals surface area contributed by atoms with Crippen LogP contribution in [0.5, 0.6) is 0 Å². The summed E-state index contributed by atoms with van der Waals surface area (Å²) in [5.41, 5.74) is 8.02. The Hall–Kier alpha value is -0.670. The van der Waals surface area contributed by atoms with Crippen LogP contribution in [-0.2, 0) is 0 Å². The van der Waals surface area contributed by atoms with Gasteiger partial charge in [-0.2, -0.15) is 0 Å². The lowest BCUT2D eigenvalue weighted by Crippen LogP contribution is -2.16. The Bertz CT molecular complexity index is 434. The minimum absolute atomic E-state index is 0.00682. The van der Waals surface area contributed by atoms with E-state index in [4.69, 9.17) is 17.3 Å². The molecule has 0 bridgehead atoms. The molecule has 0 saturated heterocycles. The van der Waals surface area contributed by atoms with Gasteiger partial charge in [-0.3, -0.25) is 0 Å². The molecule has 1 saturated carbocycles. The predicted octanol–water partition coefficient (Wildman–Crippen LogP) is 4.47. The normalized spacial score (nSPS) is 24.2. The van der Waals surface area contributed by atoms with Crippen LogP contribution in [0.2, 0.25) is 5.02 Å². The Morgan fingerprint density at radius 3 is 2.78 bits per heavy atom. The van der Waals surface area contributed by atoms with Gasteiger partial charge in [0.05, 0.1) is 0 Å². The molecule has 18 heavy (non-hydrogen) atoms. The minimum Gasteiger partial charge on any atom is -0.324 e. The van der Waals surface area contributed by atoms with Gasteiger partial charge in [0.1, 0.15) is 0 Å². The standard InChI is InChI=1S/C14H18ClF2N/c1-9-2-3-11(12(15)6-9)13(18)7-10-4-5-14(16,17)8-10/h2-3,6,10,13H,4-5,7-8,18H2,1H3. The highest BCUT2D eigenvalue weighted by molar-refractivity contribution is 6.31. The highest BCUT2D eigenvalue weighted by Crippen LogP contribution is 2.42. The first-order valence-electron chi connectivity index (χ1n) is 6.27. The number of halogens is 3. The lowest BCUT2D eigenvalue weighted by molar-refractivity contribution is 0.00447. The summed E-state index contributed by atoms with van der Waals surface area (Å²) in [4.78, 5) is 0. The molecule has 1 fully saturated rings. The van der Waals surface area contributed by atoms with Gasteiger partial charge in [0.15, 0.2) is 0 Å². The molecule has 1 aromatic carbocycles. The summed E-state index contributed by atoms with van der Waals surface area (Å²) >= 11 is 6.14. The lowest BCUT2D eigenvalue weighted by Gasteiger charge is -2.18. The minimum atomic E-state index is -2.50. The summed E-state index contributed by atoms with van der Waals surface area (Å²) < 4.78 is 26.2. The number of hydrogen-bond donors (Lipinski definition) is 1. The topological polar surface area (TPSA) is 26.0 Å². The fourth-order valence-corrected chi connectivity index (χ4v) is 3.04. The third-order valence-electron chi connectivity index (χ3n) is 3.65. The molecule has 1 aliphatic carbocycles. The molecule has 1 nitrogen and oxygen atoms in total. The molecule has 0 aliphatic heterocycles. The molecule has 2 rings (SSSR count). The van der Waals surface area contributed by atoms with E-state index in [0.717, 1.165) is 11.1 Å². The number of rotatable bonds is 3. The van der Waals surface area contributed by atoms with Crippen molar-refractivity contribution in [1.82, 2.24) is 0 Å². The molecular formula is C14H18ClF2N. The van der Waals surface area contributed by atoms with Crippen LogP contribution >= 0.6 is 11.6 Å².